The lowest BCUT2D eigenvalue weighted by Crippen LogP contribution is -2.15. The molecule has 5 rings (SSSR count). The first-order chi connectivity index (χ1) is 17.5. The van der Waals surface area contributed by atoms with Gasteiger partial charge in [-0.3, -0.25) is 9.48 Å². The molecule has 0 amide bonds. The first kappa shape index (κ1) is 24.1. The van der Waals surface area contributed by atoms with Gasteiger partial charge in [0.2, 0.25) is 0 Å². The van der Waals surface area contributed by atoms with E-state index in [9.17, 15) is 27.9 Å². The summed E-state index contributed by atoms with van der Waals surface area (Å²) in [6.07, 6.45) is -2.91. The van der Waals surface area contributed by atoms with E-state index < -0.39 is 29.2 Å². The zero-order chi connectivity index (χ0) is 26.5. The number of nitrogens with zero attached hydrogens (tertiary/aromatic N) is 2. The largest absolute Gasteiger partial charge is 0.478 e. The molecule has 0 radical (unpaired) electrons. The van der Waals surface area contributed by atoms with Crippen LogP contribution in [-0.4, -0.2) is 20.9 Å². The molecule has 37 heavy (non-hydrogen) atoms. The number of nitrogens with one attached hydrogen (secondary N) is 1. The fraction of sp³-hybridized carbons (Fsp3) is 0.148. The van der Waals surface area contributed by atoms with Crippen LogP contribution in [0.15, 0.2) is 76.1 Å². The summed E-state index contributed by atoms with van der Waals surface area (Å²) in [5, 5.41) is 17.3. The van der Waals surface area contributed by atoms with E-state index in [-0.39, 0.29) is 33.5 Å². The zero-order valence-electron chi connectivity index (χ0n) is 19.6. The van der Waals surface area contributed by atoms with Crippen LogP contribution >= 0.6 is 0 Å². The van der Waals surface area contributed by atoms with Crippen molar-refractivity contribution in [1.29, 1.82) is 0 Å². The van der Waals surface area contributed by atoms with Crippen LogP contribution in [0.4, 0.5) is 18.9 Å². The normalized spacial score (nSPS) is 12.7. The summed E-state index contributed by atoms with van der Waals surface area (Å²) in [6.45, 7) is 1.57. The number of aryl methyl sites for hydroxylation is 1. The maximum atomic E-state index is 13.7. The Morgan fingerprint density at radius 3 is 2.59 bits per heavy atom. The van der Waals surface area contributed by atoms with Crippen LogP contribution < -0.4 is 10.7 Å². The molecule has 0 saturated heterocycles. The van der Waals surface area contributed by atoms with Crippen molar-refractivity contribution in [2.45, 2.75) is 19.1 Å². The Kier molecular flexibility index (Phi) is 5.74. The number of benzene rings is 3. The van der Waals surface area contributed by atoms with E-state index in [1.165, 1.54) is 18.2 Å². The molecule has 5 aromatic rings. The first-order valence-corrected chi connectivity index (χ1v) is 11.2. The van der Waals surface area contributed by atoms with Crippen molar-refractivity contribution in [2.75, 3.05) is 5.32 Å². The number of carbonyl (C=O) groups is 1. The minimum absolute atomic E-state index is 0.0189. The molecule has 3 aromatic carbocycles. The van der Waals surface area contributed by atoms with E-state index >= 15 is 0 Å². The van der Waals surface area contributed by atoms with Crippen molar-refractivity contribution in [3.8, 4) is 11.3 Å². The fourth-order valence-corrected chi connectivity index (χ4v) is 4.32. The molecule has 0 bridgehead atoms. The maximum Gasteiger partial charge on any atom is 0.416 e. The molecule has 0 aliphatic carbocycles. The van der Waals surface area contributed by atoms with Gasteiger partial charge in [-0.15, -0.1) is 0 Å². The van der Waals surface area contributed by atoms with Crippen LogP contribution in [0, 0.1) is 0 Å². The number of para-hydroxylation sites is 1. The second-order valence-electron chi connectivity index (χ2n) is 8.71. The molecule has 0 spiro atoms. The molecular formula is C27H20F3N3O4. The fourth-order valence-electron chi connectivity index (χ4n) is 4.32. The highest BCUT2D eigenvalue weighted by Crippen LogP contribution is 2.37. The Morgan fingerprint density at radius 1 is 1.11 bits per heavy atom. The molecule has 7 nitrogen and oxygen atoms in total. The third kappa shape index (κ3) is 4.53. The lowest BCUT2D eigenvalue weighted by Gasteiger charge is -2.20. The standard InChI is InChI=1S/C27H20F3N3O4/c1-14(31-22-6-4-3-5-18(22)26(35)36)19-10-17(27(28,29)30)11-20-23(34)12-24(37-25(19)20)15-7-8-21-16(9-15)13-33(2)32-21/h3-14,31H,1-2H3,(H,35,36). The molecule has 10 heteroatoms. The van der Waals surface area contributed by atoms with E-state index in [0.29, 0.717) is 5.56 Å². The highest BCUT2D eigenvalue weighted by Gasteiger charge is 2.33. The summed E-state index contributed by atoms with van der Waals surface area (Å²) >= 11 is 0. The smallest absolute Gasteiger partial charge is 0.416 e. The molecule has 1 unspecified atom stereocenters. The van der Waals surface area contributed by atoms with Crippen molar-refractivity contribution in [1.82, 2.24) is 9.78 Å². The van der Waals surface area contributed by atoms with Gasteiger partial charge >= 0.3 is 12.1 Å². The Labute approximate surface area is 207 Å². The minimum atomic E-state index is -4.71. The SMILES string of the molecule is CC(Nc1ccccc1C(=O)O)c1cc(C(F)(F)F)cc2c(=O)cc(-c3ccc4nn(C)cc4c3)oc12. The Bertz CT molecular complexity index is 1740. The minimum Gasteiger partial charge on any atom is -0.478 e. The van der Waals surface area contributed by atoms with Crippen molar-refractivity contribution in [3.05, 3.63) is 93.8 Å². The average Bonchev–Trinajstić information content (AvgIpc) is 3.22. The van der Waals surface area contributed by atoms with Crippen LogP contribution in [0.5, 0.6) is 0 Å². The Balaban J connectivity index is 1.69. The van der Waals surface area contributed by atoms with Gasteiger partial charge in [0.15, 0.2) is 5.43 Å². The van der Waals surface area contributed by atoms with Gasteiger partial charge < -0.3 is 14.8 Å². The van der Waals surface area contributed by atoms with Crippen LogP contribution in [-0.2, 0) is 13.2 Å². The number of fused-ring (bicyclic) bond motifs is 2. The number of anilines is 1. The van der Waals surface area contributed by atoms with Gasteiger partial charge in [-0.05, 0) is 49.4 Å². The number of hydrogen-bond acceptors (Lipinski definition) is 5. The summed E-state index contributed by atoms with van der Waals surface area (Å²) in [4.78, 5) is 24.7. The number of aromatic nitrogens is 2. The highest BCUT2D eigenvalue weighted by atomic mass is 19.4. The van der Waals surface area contributed by atoms with Crippen LogP contribution in [0.2, 0.25) is 0 Å². The molecule has 188 valence electrons. The van der Waals surface area contributed by atoms with Gasteiger partial charge in [-0.1, -0.05) is 12.1 Å². The topological polar surface area (TPSA) is 97.4 Å². The lowest BCUT2D eigenvalue weighted by molar-refractivity contribution is -0.137. The number of carboxylic acid groups (broad SMARTS) is 1. The molecule has 0 aliphatic rings. The summed E-state index contributed by atoms with van der Waals surface area (Å²) in [5.41, 5.74) is -0.130. The summed E-state index contributed by atoms with van der Waals surface area (Å²) in [6, 6.07) is 13.3. The maximum absolute atomic E-state index is 13.7. The van der Waals surface area contributed by atoms with Gasteiger partial charge in [0.05, 0.1) is 28.1 Å². The third-order valence-corrected chi connectivity index (χ3v) is 6.08. The van der Waals surface area contributed by atoms with Gasteiger partial charge in [-0.2, -0.15) is 18.3 Å². The monoisotopic (exact) mass is 507 g/mol. The zero-order valence-corrected chi connectivity index (χ0v) is 19.6. The van der Waals surface area contributed by atoms with Crippen molar-refractivity contribution >= 4 is 33.5 Å². The van der Waals surface area contributed by atoms with Crippen molar-refractivity contribution in [3.63, 3.8) is 0 Å². The first-order valence-electron chi connectivity index (χ1n) is 11.2. The number of halogens is 3. The van der Waals surface area contributed by atoms with Gasteiger partial charge in [0.25, 0.3) is 0 Å². The molecule has 2 heterocycles. The molecule has 0 saturated carbocycles. The molecular weight excluding hydrogens is 487 g/mol. The predicted molar refractivity (Wildman–Crippen MR) is 133 cm³/mol. The second-order valence-corrected chi connectivity index (χ2v) is 8.71. The van der Waals surface area contributed by atoms with Gasteiger partial charge in [0.1, 0.15) is 11.3 Å². The summed E-state index contributed by atoms with van der Waals surface area (Å²) in [7, 11) is 1.78. The number of hydrogen-bond donors (Lipinski definition) is 2. The van der Waals surface area contributed by atoms with Crippen molar-refractivity contribution in [2.24, 2.45) is 7.05 Å². The van der Waals surface area contributed by atoms with E-state index in [1.807, 2.05) is 0 Å². The number of carboxylic acids is 1. The second kappa shape index (κ2) is 8.81. The molecule has 0 fully saturated rings. The average molecular weight is 507 g/mol. The van der Waals surface area contributed by atoms with Gasteiger partial charge in [-0.25, -0.2) is 4.79 Å². The van der Waals surface area contributed by atoms with Crippen LogP contribution in [0.3, 0.4) is 0 Å². The lowest BCUT2D eigenvalue weighted by atomic mass is 9.99. The van der Waals surface area contributed by atoms with E-state index in [1.54, 1.807) is 55.2 Å². The number of aromatic carboxylic acids is 1. The number of rotatable bonds is 5. The van der Waals surface area contributed by atoms with Crippen molar-refractivity contribution < 1.29 is 27.5 Å². The predicted octanol–water partition coefficient (Wildman–Crippen LogP) is 6.24. The summed E-state index contributed by atoms with van der Waals surface area (Å²) in [5.74, 6) is -1.01. The van der Waals surface area contributed by atoms with E-state index in [0.717, 1.165) is 23.0 Å². The Morgan fingerprint density at radius 2 is 1.86 bits per heavy atom. The van der Waals surface area contributed by atoms with E-state index in [4.69, 9.17) is 4.42 Å². The summed E-state index contributed by atoms with van der Waals surface area (Å²) < 4.78 is 48.9. The van der Waals surface area contributed by atoms with E-state index in [2.05, 4.69) is 10.4 Å². The molecule has 1 atom stereocenters. The quantitative estimate of drug-likeness (QED) is 0.292. The molecule has 2 N–H and O–H groups in total. The van der Waals surface area contributed by atoms with Gasteiger partial charge in [0, 0.05) is 41.5 Å². The Hall–Kier alpha value is -4.60. The molecule has 2 aromatic heterocycles. The third-order valence-electron chi connectivity index (χ3n) is 6.08. The highest BCUT2D eigenvalue weighted by molar-refractivity contribution is 5.94. The van der Waals surface area contributed by atoms with Crippen LogP contribution in [0.25, 0.3) is 33.2 Å². The number of alkyl halides is 3. The van der Waals surface area contributed by atoms with Crippen LogP contribution in [0.1, 0.15) is 34.5 Å². The molecule has 0 aliphatic heterocycles.